The first kappa shape index (κ1) is 18.6. The molecule has 0 spiro atoms. The highest BCUT2D eigenvalue weighted by Gasteiger charge is 2.39. The molecule has 7 nitrogen and oxygen atoms in total. The highest BCUT2D eigenvalue weighted by Crippen LogP contribution is 2.37. The summed E-state index contributed by atoms with van der Waals surface area (Å²) in [5.41, 5.74) is 1.73. The Bertz CT molecular complexity index is 1010. The summed E-state index contributed by atoms with van der Waals surface area (Å²) in [5.74, 6) is -0.360. The van der Waals surface area contributed by atoms with Crippen LogP contribution in [0.4, 0.5) is 17.1 Å². The summed E-state index contributed by atoms with van der Waals surface area (Å²) >= 11 is 0. The summed E-state index contributed by atoms with van der Waals surface area (Å²) in [6.07, 6.45) is 0.128. The molecule has 3 aromatic rings. The van der Waals surface area contributed by atoms with Crippen LogP contribution in [0.1, 0.15) is 18.1 Å². The highest BCUT2D eigenvalue weighted by atomic mass is 16.7. The predicted molar refractivity (Wildman–Crippen MR) is 109 cm³/mol. The number of rotatable bonds is 5. The van der Waals surface area contributed by atoms with Crippen LogP contribution in [0.5, 0.6) is 0 Å². The van der Waals surface area contributed by atoms with E-state index in [1.165, 1.54) is 12.1 Å². The molecule has 7 heteroatoms. The standard InChI is InChI=1S/C22H19N3O4/c26-22(23-18-13-7-8-14-19(18)25(27)28)20-15-21(16-9-3-1-4-10-16)29-24(20)17-11-5-2-6-12-17/h1-14,20-21H,15H2,(H,23,26). The van der Waals surface area contributed by atoms with E-state index in [4.69, 9.17) is 4.84 Å². The number of carbonyl (C=O) groups excluding carboxylic acids is 1. The zero-order valence-corrected chi connectivity index (χ0v) is 15.5. The summed E-state index contributed by atoms with van der Waals surface area (Å²) in [6.45, 7) is 0. The monoisotopic (exact) mass is 389 g/mol. The van der Waals surface area contributed by atoms with Gasteiger partial charge in [-0.05, 0) is 23.8 Å². The van der Waals surface area contributed by atoms with Crippen molar-refractivity contribution in [1.29, 1.82) is 0 Å². The number of carbonyl (C=O) groups is 1. The molecule has 1 heterocycles. The van der Waals surface area contributed by atoms with E-state index in [9.17, 15) is 14.9 Å². The number of nitro benzene ring substituents is 1. The van der Waals surface area contributed by atoms with Gasteiger partial charge in [-0.3, -0.25) is 19.7 Å². The zero-order valence-electron chi connectivity index (χ0n) is 15.5. The minimum absolute atomic E-state index is 0.148. The van der Waals surface area contributed by atoms with Crippen LogP contribution in [0.25, 0.3) is 0 Å². The minimum Gasteiger partial charge on any atom is -0.318 e. The fourth-order valence-corrected chi connectivity index (χ4v) is 3.40. The molecule has 0 aliphatic carbocycles. The number of hydroxylamine groups is 1. The maximum atomic E-state index is 13.1. The molecule has 0 aromatic heterocycles. The average Bonchev–Trinajstić information content (AvgIpc) is 3.21. The zero-order chi connectivity index (χ0) is 20.2. The molecule has 2 atom stereocenters. The Morgan fingerprint density at radius 1 is 0.966 bits per heavy atom. The van der Waals surface area contributed by atoms with E-state index in [0.29, 0.717) is 6.42 Å². The van der Waals surface area contributed by atoms with Crippen molar-refractivity contribution in [3.8, 4) is 0 Å². The van der Waals surface area contributed by atoms with E-state index in [2.05, 4.69) is 5.32 Å². The van der Waals surface area contributed by atoms with Gasteiger partial charge in [-0.2, -0.15) is 0 Å². The number of nitro groups is 1. The van der Waals surface area contributed by atoms with E-state index < -0.39 is 11.0 Å². The first-order chi connectivity index (χ1) is 14.1. The lowest BCUT2D eigenvalue weighted by Gasteiger charge is -2.24. The molecule has 1 aliphatic heterocycles. The second kappa shape index (κ2) is 8.12. The van der Waals surface area contributed by atoms with Gasteiger partial charge in [-0.15, -0.1) is 0 Å². The van der Waals surface area contributed by atoms with Crippen LogP contribution in [0.2, 0.25) is 0 Å². The van der Waals surface area contributed by atoms with Gasteiger partial charge in [0.25, 0.3) is 5.69 Å². The molecular weight excluding hydrogens is 370 g/mol. The summed E-state index contributed by atoms with van der Waals surface area (Å²) in [7, 11) is 0. The molecule has 0 saturated carbocycles. The first-order valence-corrected chi connectivity index (χ1v) is 9.24. The average molecular weight is 389 g/mol. The van der Waals surface area contributed by atoms with Gasteiger partial charge in [0.2, 0.25) is 5.91 Å². The van der Waals surface area contributed by atoms with Crippen molar-refractivity contribution in [2.24, 2.45) is 0 Å². The van der Waals surface area contributed by atoms with Gasteiger partial charge >= 0.3 is 0 Å². The summed E-state index contributed by atoms with van der Waals surface area (Å²) in [6, 6.07) is 24.5. The smallest absolute Gasteiger partial charge is 0.292 e. The van der Waals surface area contributed by atoms with Gasteiger partial charge in [0, 0.05) is 12.5 Å². The minimum atomic E-state index is -0.637. The van der Waals surface area contributed by atoms with E-state index in [1.807, 2.05) is 60.7 Å². The quantitative estimate of drug-likeness (QED) is 0.513. The van der Waals surface area contributed by atoms with Gasteiger partial charge in [0.05, 0.1) is 10.6 Å². The fraction of sp³-hybridized carbons (Fsp3) is 0.136. The van der Waals surface area contributed by atoms with Crippen molar-refractivity contribution >= 4 is 23.0 Å². The Balaban J connectivity index is 1.62. The normalized spacial score (nSPS) is 18.4. The number of hydrogen-bond donors (Lipinski definition) is 1. The molecule has 1 aliphatic rings. The van der Waals surface area contributed by atoms with Crippen LogP contribution in [-0.4, -0.2) is 16.9 Å². The second-order valence-corrected chi connectivity index (χ2v) is 6.68. The van der Waals surface area contributed by atoms with Gasteiger partial charge in [-0.25, -0.2) is 5.06 Å². The van der Waals surface area contributed by atoms with Crippen molar-refractivity contribution in [3.63, 3.8) is 0 Å². The number of anilines is 2. The Labute approximate surface area is 167 Å². The first-order valence-electron chi connectivity index (χ1n) is 9.24. The Morgan fingerprint density at radius 2 is 1.59 bits per heavy atom. The molecule has 1 saturated heterocycles. The number of benzene rings is 3. The van der Waals surface area contributed by atoms with Crippen molar-refractivity contribution in [2.75, 3.05) is 10.4 Å². The van der Waals surface area contributed by atoms with Crippen molar-refractivity contribution < 1.29 is 14.6 Å². The van der Waals surface area contributed by atoms with Gasteiger partial charge in [-0.1, -0.05) is 60.7 Å². The van der Waals surface area contributed by atoms with Crippen LogP contribution in [0.3, 0.4) is 0 Å². The fourth-order valence-electron chi connectivity index (χ4n) is 3.40. The highest BCUT2D eigenvalue weighted by molar-refractivity contribution is 5.98. The molecule has 0 bridgehead atoms. The van der Waals surface area contributed by atoms with Crippen molar-refractivity contribution in [2.45, 2.75) is 18.6 Å². The van der Waals surface area contributed by atoms with Gasteiger partial charge in [0.15, 0.2) is 0 Å². The molecule has 29 heavy (non-hydrogen) atoms. The van der Waals surface area contributed by atoms with Gasteiger partial charge < -0.3 is 5.32 Å². The topological polar surface area (TPSA) is 84.7 Å². The number of nitrogens with zero attached hydrogens (tertiary/aromatic N) is 2. The second-order valence-electron chi connectivity index (χ2n) is 6.68. The van der Waals surface area contributed by atoms with Crippen LogP contribution in [0, 0.1) is 10.1 Å². The van der Waals surface area contributed by atoms with E-state index in [0.717, 1.165) is 11.3 Å². The summed E-state index contributed by atoms with van der Waals surface area (Å²) in [5, 5.41) is 15.6. The van der Waals surface area contributed by atoms with Crippen LogP contribution >= 0.6 is 0 Å². The van der Waals surface area contributed by atoms with Crippen LogP contribution in [-0.2, 0) is 9.63 Å². The summed E-state index contributed by atoms with van der Waals surface area (Å²) in [4.78, 5) is 30.0. The Hall–Kier alpha value is -3.71. The maximum absolute atomic E-state index is 13.1. The number of para-hydroxylation sites is 3. The molecule has 3 aromatic carbocycles. The maximum Gasteiger partial charge on any atom is 0.292 e. The summed E-state index contributed by atoms with van der Waals surface area (Å²) < 4.78 is 0. The number of nitrogens with one attached hydrogen (secondary N) is 1. The largest absolute Gasteiger partial charge is 0.318 e. The molecule has 0 radical (unpaired) electrons. The number of hydrogen-bond acceptors (Lipinski definition) is 5. The third kappa shape index (κ3) is 3.95. The molecule has 1 fully saturated rings. The lowest BCUT2D eigenvalue weighted by Crippen LogP contribution is -2.39. The predicted octanol–water partition coefficient (Wildman–Crippen LogP) is 4.49. The third-order valence-electron chi connectivity index (χ3n) is 4.80. The molecular formula is C22H19N3O4. The van der Waals surface area contributed by atoms with Crippen molar-refractivity contribution in [1.82, 2.24) is 0 Å². The molecule has 4 rings (SSSR count). The SMILES string of the molecule is O=C(Nc1ccccc1[N+](=O)[O-])C1CC(c2ccccc2)ON1c1ccccc1. The lowest BCUT2D eigenvalue weighted by molar-refractivity contribution is -0.383. The Morgan fingerprint density at radius 3 is 2.28 bits per heavy atom. The van der Waals surface area contributed by atoms with E-state index in [-0.39, 0.29) is 23.4 Å². The third-order valence-corrected chi connectivity index (χ3v) is 4.80. The molecule has 146 valence electrons. The Kier molecular flexibility index (Phi) is 5.22. The van der Waals surface area contributed by atoms with Gasteiger partial charge in [0.1, 0.15) is 17.8 Å². The van der Waals surface area contributed by atoms with E-state index in [1.54, 1.807) is 17.2 Å². The number of amides is 1. The van der Waals surface area contributed by atoms with E-state index >= 15 is 0 Å². The van der Waals surface area contributed by atoms with Crippen molar-refractivity contribution in [3.05, 3.63) is 101 Å². The van der Waals surface area contributed by atoms with Crippen LogP contribution in [0.15, 0.2) is 84.9 Å². The molecule has 1 amide bonds. The molecule has 1 N–H and O–H groups in total. The van der Waals surface area contributed by atoms with Crippen LogP contribution < -0.4 is 10.4 Å². The lowest BCUT2D eigenvalue weighted by atomic mass is 10.0. The molecule has 2 unspecified atom stereocenters.